The van der Waals surface area contributed by atoms with E-state index in [0.717, 1.165) is 49.0 Å². The molecular formula is C28H48BaN6+4. The van der Waals surface area contributed by atoms with Crippen LogP contribution in [0.25, 0.3) is 0 Å². The summed E-state index contributed by atoms with van der Waals surface area (Å²) in [6.45, 7) is 12.9. The standard InChI is InChI=1S/2C14H22N3.Ba/c2*1-3-5-9-15-11-13-7-8-14(17-13)12-16-10-6-4-2;/h2*7-8,11-12H,3-6,9-10H2,1-2H3;/q2*-1;+2/p+4. The number of nitrogens with zero attached hydrogens (tertiary/aromatic N) is 2. The summed E-state index contributed by atoms with van der Waals surface area (Å²) in [6.07, 6.45) is 17.6. The van der Waals surface area contributed by atoms with Crippen molar-refractivity contribution >= 4 is 73.7 Å². The molecule has 188 valence electrons. The predicted octanol–water partition coefficient (Wildman–Crippen LogP) is -1.89. The molecule has 0 fully saturated rings. The first-order valence-corrected chi connectivity index (χ1v) is 13.3. The van der Waals surface area contributed by atoms with Gasteiger partial charge in [0.2, 0.25) is 0 Å². The van der Waals surface area contributed by atoms with E-state index < -0.39 is 0 Å². The van der Waals surface area contributed by atoms with Crippen LogP contribution in [-0.2, 0) is 0 Å². The third-order valence-electron chi connectivity index (χ3n) is 5.06. The summed E-state index contributed by atoms with van der Waals surface area (Å²) in [5.74, 6) is 0. The van der Waals surface area contributed by atoms with E-state index in [1.807, 2.05) is 49.1 Å². The Bertz CT molecular complexity index is 712. The van der Waals surface area contributed by atoms with Crippen molar-refractivity contribution in [1.29, 1.82) is 0 Å². The number of nitrogens with one attached hydrogen (secondary N) is 4. The van der Waals surface area contributed by atoms with E-state index in [0.29, 0.717) is 0 Å². The van der Waals surface area contributed by atoms with Crippen molar-refractivity contribution in [2.45, 2.75) is 79.1 Å². The van der Waals surface area contributed by atoms with E-state index in [1.165, 1.54) is 51.4 Å². The largest absolute Gasteiger partial charge is 2.00 e. The third-order valence-corrected chi connectivity index (χ3v) is 5.06. The molecule has 4 N–H and O–H groups in total. The summed E-state index contributed by atoms with van der Waals surface area (Å²) >= 11 is 0. The maximum absolute atomic E-state index is 4.47. The van der Waals surface area contributed by atoms with Crippen LogP contribution in [0.5, 0.6) is 0 Å². The maximum atomic E-state index is 4.47. The van der Waals surface area contributed by atoms with Gasteiger partial charge in [-0.1, -0.05) is 100 Å². The van der Waals surface area contributed by atoms with E-state index in [1.54, 1.807) is 0 Å². The van der Waals surface area contributed by atoms with Crippen LogP contribution in [-0.4, -0.2) is 99.9 Å². The topological polar surface area (TPSA) is 84.1 Å². The van der Waals surface area contributed by atoms with E-state index in [2.05, 4.69) is 57.6 Å². The van der Waals surface area contributed by atoms with Crippen molar-refractivity contribution in [2.24, 2.45) is 0 Å². The smallest absolute Gasteiger partial charge is 0.648 e. The van der Waals surface area contributed by atoms with Crippen LogP contribution in [0, 0.1) is 0 Å². The quantitative estimate of drug-likeness (QED) is 0.103. The van der Waals surface area contributed by atoms with Gasteiger partial charge in [-0.25, -0.2) is 20.0 Å². The summed E-state index contributed by atoms with van der Waals surface area (Å²) in [5.41, 5.74) is 4.02. The molecule has 6 nitrogen and oxygen atoms in total. The van der Waals surface area contributed by atoms with Crippen LogP contribution < -0.4 is 29.9 Å². The molecule has 2 rings (SSSR count). The first-order valence-electron chi connectivity index (χ1n) is 13.3. The number of rotatable bonds is 16. The third kappa shape index (κ3) is 18.7. The monoisotopic (exact) mass is 606 g/mol. The minimum Gasteiger partial charge on any atom is -0.648 e. The average Bonchev–Trinajstić information content (AvgIpc) is 3.50. The second-order valence-electron chi connectivity index (χ2n) is 8.40. The molecule has 0 bridgehead atoms. The molecule has 0 aromatic carbocycles. The molecule has 35 heavy (non-hydrogen) atoms. The van der Waals surface area contributed by atoms with E-state index >= 15 is 0 Å². The van der Waals surface area contributed by atoms with E-state index in [9.17, 15) is 0 Å². The first-order chi connectivity index (χ1) is 16.7. The van der Waals surface area contributed by atoms with Gasteiger partial charge in [0.05, 0.1) is 0 Å². The molecular weight excluding hydrogens is 558 g/mol. The molecule has 0 atom stereocenters. The number of aromatic nitrogens is 2. The van der Waals surface area contributed by atoms with Gasteiger partial charge in [-0.2, -0.15) is 0 Å². The van der Waals surface area contributed by atoms with Gasteiger partial charge < -0.3 is 9.97 Å². The van der Waals surface area contributed by atoms with Crippen molar-refractivity contribution in [3.05, 3.63) is 47.0 Å². The predicted molar refractivity (Wildman–Crippen MR) is 149 cm³/mol. The van der Waals surface area contributed by atoms with Gasteiger partial charge in [-0.05, 0) is 0 Å². The molecule has 0 aliphatic rings. The number of unbranched alkanes of at least 4 members (excludes halogenated alkanes) is 4. The Morgan fingerprint density at radius 2 is 0.714 bits per heavy atom. The van der Waals surface area contributed by atoms with Gasteiger partial charge in [0.25, 0.3) is 0 Å². The average molecular weight is 606 g/mol. The SMILES string of the molecule is CCCC[NH+]=Cc1ccc(C=[NH+]CCCC)[n-]1.CCCC[NH+]=Cc1ccc(C=[NH+]CCCC)[n-]1.[Ba+2]. The van der Waals surface area contributed by atoms with Gasteiger partial charge in [-0.3, -0.25) is 0 Å². The Balaban J connectivity index is 0.000000642. The number of hydrogen-bond acceptors (Lipinski definition) is 0. The van der Waals surface area contributed by atoms with Crippen LogP contribution in [0.2, 0.25) is 0 Å². The molecule has 2 aromatic rings. The fraction of sp³-hybridized carbons (Fsp3) is 0.571. The second-order valence-corrected chi connectivity index (χ2v) is 8.40. The molecule has 0 unspecified atom stereocenters. The molecule has 0 saturated carbocycles. The molecule has 0 aliphatic heterocycles. The van der Waals surface area contributed by atoms with Gasteiger partial charge in [0.15, 0.2) is 0 Å². The summed E-state index contributed by atoms with van der Waals surface area (Å²) in [5, 5.41) is 0. The molecule has 0 saturated heterocycles. The summed E-state index contributed by atoms with van der Waals surface area (Å²) in [7, 11) is 0. The maximum Gasteiger partial charge on any atom is 2.00 e. The molecule has 0 spiro atoms. The van der Waals surface area contributed by atoms with E-state index in [-0.39, 0.29) is 48.9 Å². The molecule has 2 heterocycles. The molecule has 7 heteroatoms. The summed E-state index contributed by atoms with van der Waals surface area (Å²) < 4.78 is 0. The van der Waals surface area contributed by atoms with Gasteiger partial charge in [0.1, 0.15) is 51.0 Å². The molecule has 0 amide bonds. The van der Waals surface area contributed by atoms with Crippen LogP contribution in [0.1, 0.15) is 102 Å². The minimum absolute atomic E-state index is 0. The Hall–Kier alpha value is -1.19. The van der Waals surface area contributed by atoms with Crippen LogP contribution in [0.4, 0.5) is 0 Å². The van der Waals surface area contributed by atoms with Crippen molar-refractivity contribution in [2.75, 3.05) is 26.2 Å². The second kappa shape index (κ2) is 24.5. The zero-order valence-corrected chi connectivity index (χ0v) is 27.1. The Morgan fingerprint density at radius 3 is 0.914 bits per heavy atom. The van der Waals surface area contributed by atoms with Crippen LogP contribution in [0.15, 0.2) is 24.3 Å². The Kier molecular flexibility index (Phi) is 23.7. The fourth-order valence-electron chi connectivity index (χ4n) is 2.93. The zero-order valence-electron chi connectivity index (χ0n) is 22.7. The first kappa shape index (κ1) is 33.8. The Labute approximate surface area is 253 Å². The minimum atomic E-state index is 0. The summed E-state index contributed by atoms with van der Waals surface area (Å²) in [6, 6.07) is 8.14. The number of hydrogen-bond donors (Lipinski definition) is 4. The molecule has 0 radical (unpaired) electrons. The van der Waals surface area contributed by atoms with Crippen LogP contribution in [0.3, 0.4) is 0 Å². The van der Waals surface area contributed by atoms with Gasteiger partial charge in [0, 0.05) is 25.7 Å². The zero-order chi connectivity index (χ0) is 24.7. The van der Waals surface area contributed by atoms with Crippen molar-refractivity contribution in [3.63, 3.8) is 0 Å². The fourth-order valence-corrected chi connectivity index (χ4v) is 2.93. The van der Waals surface area contributed by atoms with Crippen LogP contribution >= 0.6 is 0 Å². The van der Waals surface area contributed by atoms with E-state index in [4.69, 9.17) is 0 Å². The summed E-state index contributed by atoms with van der Waals surface area (Å²) in [4.78, 5) is 22.0. The Morgan fingerprint density at radius 1 is 0.486 bits per heavy atom. The van der Waals surface area contributed by atoms with Gasteiger partial charge in [-0.15, -0.1) is 0 Å². The van der Waals surface area contributed by atoms with Crippen molar-refractivity contribution in [3.8, 4) is 0 Å². The normalized spacial score (nSPS) is 11.5. The van der Waals surface area contributed by atoms with Crippen molar-refractivity contribution in [1.82, 2.24) is 9.97 Å². The van der Waals surface area contributed by atoms with Crippen molar-refractivity contribution < 1.29 is 20.0 Å². The molecule has 0 aliphatic carbocycles. The molecule has 2 aromatic heterocycles. The van der Waals surface area contributed by atoms with Gasteiger partial charge >= 0.3 is 48.9 Å².